The SMILES string of the molecule is C[C@@H]1CC(=O)c2c(O[14CH3])cc(O)c(CCO)c2O1. The summed E-state index contributed by atoms with van der Waals surface area (Å²) in [5.74, 6) is 0.548. The Morgan fingerprint density at radius 3 is 2.94 bits per heavy atom. The Kier molecular flexibility index (Phi) is 3.43. The highest BCUT2D eigenvalue weighted by molar-refractivity contribution is 6.03. The average molecular weight is 254 g/mol. The summed E-state index contributed by atoms with van der Waals surface area (Å²) in [6, 6.07) is 1.39. The third-order valence-corrected chi connectivity index (χ3v) is 2.98. The zero-order chi connectivity index (χ0) is 13.3. The van der Waals surface area contributed by atoms with Crippen molar-refractivity contribution in [1.29, 1.82) is 0 Å². The third-order valence-electron chi connectivity index (χ3n) is 2.98. The Labute approximate surface area is 105 Å². The van der Waals surface area contributed by atoms with Gasteiger partial charge in [-0.15, -0.1) is 0 Å². The first-order valence-corrected chi connectivity index (χ1v) is 5.82. The summed E-state index contributed by atoms with van der Waals surface area (Å²) in [5, 5.41) is 18.9. The molecule has 98 valence electrons. The topological polar surface area (TPSA) is 76.0 Å². The van der Waals surface area contributed by atoms with Crippen LogP contribution in [0, 0.1) is 0 Å². The first kappa shape index (κ1) is 12.7. The van der Waals surface area contributed by atoms with Crippen LogP contribution in [0.25, 0.3) is 0 Å². The number of hydrogen-bond acceptors (Lipinski definition) is 5. The van der Waals surface area contributed by atoms with Crippen LogP contribution in [-0.4, -0.2) is 35.8 Å². The van der Waals surface area contributed by atoms with E-state index in [1.165, 1.54) is 13.2 Å². The fourth-order valence-corrected chi connectivity index (χ4v) is 2.18. The number of aromatic hydroxyl groups is 1. The van der Waals surface area contributed by atoms with Crippen molar-refractivity contribution < 1.29 is 24.5 Å². The largest absolute Gasteiger partial charge is 0.507 e. The van der Waals surface area contributed by atoms with Crippen LogP contribution in [0.2, 0.25) is 0 Å². The Morgan fingerprint density at radius 2 is 2.33 bits per heavy atom. The number of fused-ring (bicyclic) bond motifs is 1. The molecule has 0 unspecified atom stereocenters. The Hall–Kier alpha value is -1.75. The summed E-state index contributed by atoms with van der Waals surface area (Å²) < 4.78 is 10.7. The molecule has 0 saturated heterocycles. The predicted molar refractivity (Wildman–Crippen MR) is 64.5 cm³/mol. The predicted octanol–water partition coefficient (Wildman–Crippen LogP) is 1.29. The molecule has 0 saturated carbocycles. The molecule has 1 aromatic carbocycles. The number of methoxy groups -OCH3 is 1. The van der Waals surface area contributed by atoms with Gasteiger partial charge in [0.25, 0.3) is 0 Å². The quantitative estimate of drug-likeness (QED) is 0.850. The molecule has 0 aliphatic carbocycles. The second-order valence-corrected chi connectivity index (χ2v) is 4.31. The molecule has 5 nitrogen and oxygen atoms in total. The van der Waals surface area contributed by atoms with Crippen molar-refractivity contribution in [3.05, 3.63) is 17.2 Å². The second-order valence-electron chi connectivity index (χ2n) is 4.31. The molecule has 1 atom stereocenters. The maximum absolute atomic E-state index is 12.0. The highest BCUT2D eigenvalue weighted by Gasteiger charge is 2.31. The lowest BCUT2D eigenvalue weighted by atomic mass is 9.95. The molecule has 2 N–H and O–H groups in total. The van der Waals surface area contributed by atoms with Gasteiger partial charge in [0.15, 0.2) is 5.78 Å². The van der Waals surface area contributed by atoms with E-state index < -0.39 is 0 Å². The van der Waals surface area contributed by atoms with Gasteiger partial charge in [0.1, 0.15) is 28.9 Å². The van der Waals surface area contributed by atoms with E-state index in [0.717, 1.165) is 0 Å². The fraction of sp³-hybridized carbons (Fsp3) is 0.462. The van der Waals surface area contributed by atoms with Gasteiger partial charge in [-0.1, -0.05) is 0 Å². The molecule has 1 aliphatic heterocycles. The van der Waals surface area contributed by atoms with E-state index in [0.29, 0.717) is 22.6 Å². The summed E-state index contributed by atoms with van der Waals surface area (Å²) in [6.07, 6.45) is 0.277. The zero-order valence-corrected chi connectivity index (χ0v) is 10.4. The molecule has 5 heteroatoms. The van der Waals surface area contributed by atoms with E-state index in [4.69, 9.17) is 14.6 Å². The molecule has 1 aliphatic rings. The minimum atomic E-state index is -0.242. The smallest absolute Gasteiger partial charge is 0.174 e. The minimum Gasteiger partial charge on any atom is -0.507 e. The van der Waals surface area contributed by atoms with Gasteiger partial charge in [-0.25, -0.2) is 0 Å². The molecule has 0 fully saturated rings. The molecule has 2 rings (SSSR count). The molecule has 0 bridgehead atoms. The van der Waals surface area contributed by atoms with Crippen LogP contribution >= 0.6 is 0 Å². The standard InChI is InChI=1S/C13H16O5/c1-7-5-10(16)12-11(17-2)6-9(15)8(3-4-14)13(12)18-7/h6-7,14-15H,3-5H2,1-2H3/t7-/m1/s1/i2+2. The van der Waals surface area contributed by atoms with E-state index in [1.807, 2.05) is 0 Å². The molecule has 0 spiro atoms. The van der Waals surface area contributed by atoms with E-state index >= 15 is 0 Å². The summed E-state index contributed by atoms with van der Waals surface area (Å²) >= 11 is 0. The van der Waals surface area contributed by atoms with Gasteiger partial charge >= 0.3 is 0 Å². The number of carbonyl (C=O) groups excluding carboxylic acids is 1. The van der Waals surface area contributed by atoms with Crippen LogP contribution in [0.15, 0.2) is 6.07 Å². The van der Waals surface area contributed by atoms with Crippen molar-refractivity contribution in [2.24, 2.45) is 0 Å². The Bertz CT molecular complexity index is 481. The van der Waals surface area contributed by atoms with E-state index in [-0.39, 0.29) is 37.1 Å². The summed E-state index contributed by atoms with van der Waals surface area (Å²) in [4.78, 5) is 12.0. The Morgan fingerprint density at radius 1 is 1.61 bits per heavy atom. The molecule has 0 aromatic heterocycles. The number of benzene rings is 1. The maximum atomic E-state index is 12.0. The maximum Gasteiger partial charge on any atom is 0.174 e. The van der Waals surface area contributed by atoms with Gasteiger partial charge in [-0.3, -0.25) is 4.79 Å². The summed E-state index contributed by atoms with van der Waals surface area (Å²) in [6.45, 7) is 1.67. The number of phenols is 1. The normalized spacial score (nSPS) is 18.2. The second kappa shape index (κ2) is 4.86. The fourth-order valence-electron chi connectivity index (χ4n) is 2.18. The molecule has 18 heavy (non-hydrogen) atoms. The molecular formula is C13H16O5. The molecular weight excluding hydrogens is 238 g/mol. The van der Waals surface area contributed by atoms with Crippen molar-refractivity contribution in [1.82, 2.24) is 0 Å². The molecule has 1 heterocycles. The van der Waals surface area contributed by atoms with E-state index in [2.05, 4.69) is 0 Å². The third kappa shape index (κ3) is 2.01. The van der Waals surface area contributed by atoms with Crippen molar-refractivity contribution in [3.63, 3.8) is 0 Å². The van der Waals surface area contributed by atoms with Gasteiger partial charge in [0.2, 0.25) is 0 Å². The molecule has 0 radical (unpaired) electrons. The number of aliphatic hydroxyl groups excluding tert-OH is 1. The number of Topliss-reactive ketones (excluding diaryl/α,β-unsaturated/α-hetero) is 1. The van der Waals surface area contributed by atoms with Gasteiger partial charge in [-0.05, 0) is 6.92 Å². The van der Waals surface area contributed by atoms with Crippen molar-refractivity contribution in [2.75, 3.05) is 13.7 Å². The van der Waals surface area contributed by atoms with Crippen molar-refractivity contribution in [3.8, 4) is 17.2 Å². The number of rotatable bonds is 3. The van der Waals surface area contributed by atoms with Crippen LogP contribution < -0.4 is 9.47 Å². The Balaban J connectivity index is 2.64. The van der Waals surface area contributed by atoms with Gasteiger partial charge < -0.3 is 19.7 Å². The number of carbonyl (C=O) groups is 1. The summed E-state index contributed by atoms with van der Waals surface area (Å²) in [5.41, 5.74) is 0.810. The number of aliphatic hydroxyl groups is 1. The number of phenolic OH excluding ortho intramolecular Hbond substituents is 1. The lowest BCUT2D eigenvalue weighted by Gasteiger charge is -2.26. The summed E-state index contributed by atoms with van der Waals surface area (Å²) in [7, 11) is 1.44. The first-order chi connectivity index (χ1) is 8.58. The van der Waals surface area contributed by atoms with Crippen molar-refractivity contribution in [2.45, 2.75) is 25.9 Å². The van der Waals surface area contributed by atoms with Crippen LogP contribution in [0.3, 0.4) is 0 Å². The zero-order valence-electron chi connectivity index (χ0n) is 10.4. The van der Waals surface area contributed by atoms with Crippen LogP contribution in [0.4, 0.5) is 0 Å². The van der Waals surface area contributed by atoms with Crippen LogP contribution in [0.5, 0.6) is 17.2 Å². The number of ether oxygens (including phenoxy) is 2. The number of ketones is 1. The monoisotopic (exact) mass is 254 g/mol. The van der Waals surface area contributed by atoms with E-state index in [1.54, 1.807) is 6.92 Å². The van der Waals surface area contributed by atoms with E-state index in [9.17, 15) is 9.90 Å². The van der Waals surface area contributed by atoms with Crippen LogP contribution in [-0.2, 0) is 6.42 Å². The van der Waals surface area contributed by atoms with Gasteiger partial charge in [0.05, 0.1) is 7.11 Å². The molecule has 1 aromatic rings. The van der Waals surface area contributed by atoms with Gasteiger partial charge in [0, 0.05) is 31.1 Å². The molecule has 0 amide bonds. The first-order valence-electron chi connectivity index (χ1n) is 5.82. The lowest BCUT2D eigenvalue weighted by molar-refractivity contribution is 0.0862. The van der Waals surface area contributed by atoms with Crippen molar-refractivity contribution >= 4 is 5.78 Å². The average Bonchev–Trinajstić information content (AvgIpc) is 2.32. The number of hydrogen-bond donors (Lipinski definition) is 2. The lowest BCUT2D eigenvalue weighted by Crippen LogP contribution is -2.25. The van der Waals surface area contributed by atoms with Gasteiger partial charge in [-0.2, -0.15) is 0 Å². The minimum absolute atomic E-state index is 0.0263. The van der Waals surface area contributed by atoms with Crippen LogP contribution in [0.1, 0.15) is 29.3 Å². The highest BCUT2D eigenvalue weighted by atomic mass is 16.6. The highest BCUT2D eigenvalue weighted by Crippen LogP contribution is 2.42.